The van der Waals surface area contributed by atoms with Crippen molar-refractivity contribution in [3.8, 4) is 11.5 Å². The maximum Gasteiger partial charge on any atom is 0.264 e. The van der Waals surface area contributed by atoms with E-state index in [1.165, 1.54) is 6.07 Å². The number of carbonyl (C=O) groups is 1. The SMILES string of the molecule is CCc1ccc(O)c(NC(=S)NC(=O)COc2ccc(Cl)cc2Cl)c1. The van der Waals surface area contributed by atoms with E-state index in [-0.39, 0.29) is 17.5 Å². The number of nitrogens with one attached hydrogen (secondary N) is 2. The van der Waals surface area contributed by atoms with E-state index in [1.807, 2.05) is 13.0 Å². The summed E-state index contributed by atoms with van der Waals surface area (Å²) in [6, 6.07) is 9.84. The van der Waals surface area contributed by atoms with Crippen LogP contribution < -0.4 is 15.4 Å². The first-order chi connectivity index (χ1) is 11.9. The Hall–Kier alpha value is -2.02. The van der Waals surface area contributed by atoms with Crippen LogP contribution in [0.2, 0.25) is 10.0 Å². The summed E-state index contributed by atoms with van der Waals surface area (Å²) >= 11 is 16.8. The number of benzene rings is 2. The van der Waals surface area contributed by atoms with Crippen LogP contribution in [0.25, 0.3) is 0 Å². The van der Waals surface area contributed by atoms with E-state index < -0.39 is 5.91 Å². The van der Waals surface area contributed by atoms with Gasteiger partial charge in [-0.1, -0.05) is 36.2 Å². The Kier molecular flexibility index (Phi) is 6.87. The number of thiocarbonyl (C=S) groups is 1. The van der Waals surface area contributed by atoms with Crippen molar-refractivity contribution < 1.29 is 14.6 Å². The minimum Gasteiger partial charge on any atom is -0.506 e. The average molecular weight is 399 g/mol. The molecular formula is C17H16Cl2N2O3S. The van der Waals surface area contributed by atoms with Crippen LogP contribution in [0.5, 0.6) is 11.5 Å². The van der Waals surface area contributed by atoms with E-state index in [4.69, 9.17) is 40.2 Å². The highest BCUT2D eigenvalue weighted by molar-refractivity contribution is 7.80. The van der Waals surface area contributed by atoms with Gasteiger partial charge in [-0.15, -0.1) is 0 Å². The minimum atomic E-state index is -0.463. The molecule has 0 radical (unpaired) electrons. The van der Waals surface area contributed by atoms with Gasteiger partial charge in [-0.05, 0) is 54.5 Å². The fourth-order valence-electron chi connectivity index (χ4n) is 1.96. The molecular weight excluding hydrogens is 383 g/mol. The number of phenolic OH excluding ortho intramolecular Hbond substituents is 1. The molecule has 0 saturated carbocycles. The molecule has 2 aromatic carbocycles. The van der Waals surface area contributed by atoms with Crippen LogP contribution in [0.3, 0.4) is 0 Å². The molecule has 0 aliphatic rings. The van der Waals surface area contributed by atoms with Crippen LogP contribution in [0.15, 0.2) is 36.4 Å². The highest BCUT2D eigenvalue weighted by Crippen LogP contribution is 2.27. The topological polar surface area (TPSA) is 70.6 Å². The second kappa shape index (κ2) is 8.89. The standard InChI is InChI=1S/C17H16Cl2N2O3S/c1-2-10-3-5-14(22)13(7-10)20-17(25)21-16(23)9-24-15-6-4-11(18)8-12(15)19/h3-8,22H,2,9H2,1H3,(H2,20,21,23,25). The molecule has 1 amide bonds. The highest BCUT2D eigenvalue weighted by atomic mass is 35.5. The Balaban J connectivity index is 1.89. The van der Waals surface area contributed by atoms with Gasteiger partial charge in [-0.25, -0.2) is 0 Å². The number of aryl methyl sites for hydroxylation is 1. The molecule has 0 heterocycles. The third kappa shape index (κ3) is 5.77. The number of hydrogen-bond acceptors (Lipinski definition) is 4. The van der Waals surface area contributed by atoms with Gasteiger partial charge in [0.15, 0.2) is 11.7 Å². The first-order valence-electron chi connectivity index (χ1n) is 7.39. The molecule has 0 aliphatic carbocycles. The summed E-state index contributed by atoms with van der Waals surface area (Å²) in [6.45, 7) is 1.72. The van der Waals surface area contributed by atoms with Gasteiger partial charge in [-0.2, -0.15) is 0 Å². The molecule has 2 aromatic rings. The number of phenols is 1. The van der Waals surface area contributed by atoms with Crippen molar-refractivity contribution in [1.29, 1.82) is 0 Å². The number of amides is 1. The van der Waals surface area contributed by atoms with Gasteiger partial charge in [0.05, 0.1) is 10.7 Å². The van der Waals surface area contributed by atoms with Crippen molar-refractivity contribution in [3.05, 3.63) is 52.0 Å². The first-order valence-corrected chi connectivity index (χ1v) is 8.56. The lowest BCUT2D eigenvalue weighted by Gasteiger charge is -2.12. The molecule has 0 unspecified atom stereocenters. The number of hydrogen-bond donors (Lipinski definition) is 3. The third-order valence-corrected chi connectivity index (χ3v) is 3.96. The number of anilines is 1. The second-order valence-electron chi connectivity index (χ2n) is 5.07. The summed E-state index contributed by atoms with van der Waals surface area (Å²) in [5.74, 6) is -0.0824. The zero-order valence-electron chi connectivity index (χ0n) is 13.3. The van der Waals surface area contributed by atoms with Gasteiger partial charge < -0.3 is 15.2 Å². The minimum absolute atomic E-state index is 0.0398. The Labute approximate surface area is 160 Å². The van der Waals surface area contributed by atoms with Gasteiger partial charge in [-0.3, -0.25) is 10.1 Å². The first kappa shape index (κ1) is 19.3. The predicted octanol–water partition coefficient (Wildman–Crippen LogP) is 4.15. The predicted molar refractivity (Wildman–Crippen MR) is 104 cm³/mol. The van der Waals surface area contributed by atoms with Crippen molar-refractivity contribution in [2.45, 2.75) is 13.3 Å². The third-order valence-electron chi connectivity index (χ3n) is 3.22. The number of carbonyl (C=O) groups excluding carboxylic acids is 1. The van der Waals surface area contributed by atoms with Gasteiger partial charge in [0.25, 0.3) is 5.91 Å². The van der Waals surface area contributed by atoms with Crippen LogP contribution >= 0.6 is 35.4 Å². The molecule has 3 N–H and O–H groups in total. The number of ether oxygens (including phenoxy) is 1. The monoisotopic (exact) mass is 398 g/mol. The Morgan fingerprint density at radius 2 is 2.00 bits per heavy atom. The fourth-order valence-corrected chi connectivity index (χ4v) is 2.64. The van der Waals surface area contributed by atoms with Gasteiger partial charge in [0.2, 0.25) is 0 Å². The van der Waals surface area contributed by atoms with E-state index in [2.05, 4.69) is 10.6 Å². The summed E-state index contributed by atoms with van der Waals surface area (Å²) < 4.78 is 5.33. The van der Waals surface area contributed by atoms with Crippen LogP contribution in [0.4, 0.5) is 5.69 Å². The molecule has 0 fully saturated rings. The second-order valence-corrected chi connectivity index (χ2v) is 6.32. The van der Waals surface area contributed by atoms with E-state index in [1.54, 1.807) is 24.3 Å². The quantitative estimate of drug-likeness (QED) is 0.521. The van der Waals surface area contributed by atoms with Crippen molar-refractivity contribution >= 4 is 52.1 Å². The molecule has 0 atom stereocenters. The van der Waals surface area contributed by atoms with Crippen molar-refractivity contribution in [3.63, 3.8) is 0 Å². The van der Waals surface area contributed by atoms with Gasteiger partial charge in [0, 0.05) is 5.02 Å². The molecule has 132 valence electrons. The molecule has 8 heteroatoms. The molecule has 25 heavy (non-hydrogen) atoms. The summed E-state index contributed by atoms with van der Waals surface area (Å²) in [7, 11) is 0. The molecule has 0 spiro atoms. The molecule has 0 aromatic heterocycles. The molecule has 2 rings (SSSR count). The van der Waals surface area contributed by atoms with Crippen molar-refractivity contribution in [2.75, 3.05) is 11.9 Å². The molecule has 0 bridgehead atoms. The van der Waals surface area contributed by atoms with Crippen molar-refractivity contribution in [1.82, 2.24) is 5.32 Å². The van der Waals surface area contributed by atoms with E-state index in [9.17, 15) is 9.90 Å². The van der Waals surface area contributed by atoms with E-state index >= 15 is 0 Å². The van der Waals surface area contributed by atoms with Crippen LogP contribution in [0, 0.1) is 0 Å². The number of halogens is 2. The smallest absolute Gasteiger partial charge is 0.264 e. The Bertz CT molecular complexity index is 799. The summed E-state index contributed by atoms with van der Waals surface area (Å²) in [4.78, 5) is 11.9. The molecule has 0 aliphatic heterocycles. The largest absolute Gasteiger partial charge is 0.506 e. The van der Waals surface area contributed by atoms with E-state index in [0.717, 1.165) is 12.0 Å². The number of rotatable bonds is 5. The lowest BCUT2D eigenvalue weighted by molar-refractivity contribution is -0.121. The Morgan fingerprint density at radius 1 is 1.24 bits per heavy atom. The van der Waals surface area contributed by atoms with Crippen LogP contribution in [-0.4, -0.2) is 22.7 Å². The lowest BCUT2D eigenvalue weighted by Crippen LogP contribution is -2.37. The normalized spacial score (nSPS) is 10.2. The van der Waals surface area contributed by atoms with Crippen LogP contribution in [-0.2, 0) is 11.2 Å². The lowest BCUT2D eigenvalue weighted by atomic mass is 10.1. The van der Waals surface area contributed by atoms with Gasteiger partial charge in [0.1, 0.15) is 11.5 Å². The van der Waals surface area contributed by atoms with Gasteiger partial charge >= 0.3 is 0 Å². The summed E-state index contributed by atoms with van der Waals surface area (Å²) in [5, 5.41) is 15.9. The van der Waals surface area contributed by atoms with Crippen LogP contribution in [0.1, 0.15) is 12.5 Å². The molecule has 5 nitrogen and oxygen atoms in total. The zero-order chi connectivity index (χ0) is 18.4. The number of aromatic hydroxyl groups is 1. The summed E-state index contributed by atoms with van der Waals surface area (Å²) in [6.07, 6.45) is 0.809. The molecule has 0 saturated heterocycles. The average Bonchev–Trinajstić information content (AvgIpc) is 2.56. The van der Waals surface area contributed by atoms with E-state index in [0.29, 0.717) is 21.5 Å². The fraction of sp³-hybridized carbons (Fsp3) is 0.176. The highest BCUT2D eigenvalue weighted by Gasteiger charge is 2.10. The van der Waals surface area contributed by atoms with Crippen molar-refractivity contribution in [2.24, 2.45) is 0 Å². The zero-order valence-corrected chi connectivity index (χ0v) is 15.6. The maximum absolute atomic E-state index is 11.9. The Morgan fingerprint density at radius 3 is 2.68 bits per heavy atom. The maximum atomic E-state index is 11.9. The summed E-state index contributed by atoms with van der Waals surface area (Å²) in [5.41, 5.74) is 1.45.